The summed E-state index contributed by atoms with van der Waals surface area (Å²) >= 11 is 0.853. The summed E-state index contributed by atoms with van der Waals surface area (Å²) in [5.41, 5.74) is 7.01. The van der Waals surface area contributed by atoms with Gasteiger partial charge in [0.05, 0.1) is 17.7 Å². The van der Waals surface area contributed by atoms with Crippen molar-refractivity contribution in [3.63, 3.8) is 0 Å². The molecule has 2 aromatic carbocycles. The maximum atomic E-state index is 13.0. The molecular formula is C28H29N3O4S. The lowest BCUT2D eigenvalue weighted by Crippen LogP contribution is -2.36. The first kappa shape index (κ1) is 25.3. The smallest absolute Gasteiger partial charge is 0.294 e. The number of aryl methyl sites for hydroxylation is 3. The van der Waals surface area contributed by atoms with Crippen molar-refractivity contribution in [1.82, 2.24) is 9.47 Å². The molecule has 0 atom stereocenters. The number of nitrogens with one attached hydrogen (secondary N) is 1. The Labute approximate surface area is 215 Å². The number of rotatable bonds is 7. The second kappa shape index (κ2) is 10.5. The Kier molecular flexibility index (Phi) is 7.35. The van der Waals surface area contributed by atoms with Crippen molar-refractivity contribution in [1.29, 1.82) is 0 Å². The Morgan fingerprint density at radius 1 is 1.08 bits per heavy atom. The van der Waals surface area contributed by atoms with Gasteiger partial charge in [0.2, 0.25) is 5.91 Å². The lowest BCUT2D eigenvalue weighted by atomic mass is 10.1. The lowest BCUT2D eigenvalue weighted by Gasteiger charge is -2.17. The number of imide groups is 1. The predicted octanol–water partition coefficient (Wildman–Crippen LogP) is 5.65. The molecule has 0 aliphatic carbocycles. The first-order valence-corrected chi connectivity index (χ1v) is 12.5. The van der Waals surface area contributed by atoms with E-state index in [0.29, 0.717) is 16.3 Å². The molecular weight excluding hydrogens is 474 g/mol. The molecule has 1 aliphatic heterocycles. The molecule has 1 saturated heterocycles. The number of nitrogens with zero attached hydrogens (tertiary/aromatic N) is 2. The number of para-hydroxylation sites is 1. The van der Waals surface area contributed by atoms with Gasteiger partial charge in [-0.15, -0.1) is 0 Å². The molecule has 3 amide bonds. The zero-order chi connectivity index (χ0) is 26.0. The zero-order valence-electron chi connectivity index (χ0n) is 21.0. The number of carbonyl (C=O) groups excluding carboxylic acids is 3. The van der Waals surface area contributed by atoms with Crippen LogP contribution in [-0.2, 0) is 16.0 Å². The van der Waals surface area contributed by atoms with Crippen molar-refractivity contribution in [3.8, 4) is 11.4 Å². The van der Waals surface area contributed by atoms with Crippen LogP contribution in [0.1, 0.15) is 35.0 Å². The monoisotopic (exact) mass is 503 g/mol. The maximum Gasteiger partial charge on any atom is 0.294 e. The fourth-order valence-corrected chi connectivity index (χ4v) is 5.23. The second-order valence-corrected chi connectivity index (χ2v) is 9.64. The normalized spacial score (nSPS) is 14.6. The number of benzene rings is 2. The molecule has 0 saturated carbocycles. The van der Waals surface area contributed by atoms with Crippen molar-refractivity contribution in [2.75, 3.05) is 19.0 Å². The van der Waals surface area contributed by atoms with Crippen molar-refractivity contribution < 1.29 is 19.1 Å². The number of thioether (sulfide) groups is 1. The average Bonchev–Trinajstić information content (AvgIpc) is 3.28. The highest BCUT2D eigenvalue weighted by Crippen LogP contribution is 2.34. The number of amides is 3. The Bertz CT molecular complexity index is 1370. The lowest BCUT2D eigenvalue weighted by molar-refractivity contribution is -0.127. The summed E-state index contributed by atoms with van der Waals surface area (Å²) in [4.78, 5) is 39.4. The van der Waals surface area contributed by atoms with Gasteiger partial charge in [-0.25, -0.2) is 0 Å². The first-order valence-electron chi connectivity index (χ1n) is 11.7. The van der Waals surface area contributed by atoms with Gasteiger partial charge in [-0.3, -0.25) is 19.3 Å². The number of hydrogen-bond donors (Lipinski definition) is 1. The molecule has 0 spiro atoms. The SMILES string of the molecule is CCc1cccc(C)c1-n1c(C)cc(/C=C2\SC(=O)N(CC(=O)Nc3ccc(OC)cc3)C2=O)c1C. The summed E-state index contributed by atoms with van der Waals surface area (Å²) in [5, 5.41) is 2.25. The molecule has 1 fully saturated rings. The van der Waals surface area contributed by atoms with E-state index in [1.165, 1.54) is 11.1 Å². The van der Waals surface area contributed by atoms with Crippen LogP contribution in [0.25, 0.3) is 11.8 Å². The molecule has 8 heteroatoms. The first-order chi connectivity index (χ1) is 17.2. The number of aromatic nitrogens is 1. The Balaban J connectivity index is 1.55. The molecule has 4 rings (SSSR count). The minimum atomic E-state index is -0.468. The summed E-state index contributed by atoms with van der Waals surface area (Å²) in [7, 11) is 1.56. The zero-order valence-corrected chi connectivity index (χ0v) is 21.9. The van der Waals surface area contributed by atoms with Gasteiger partial charge in [-0.2, -0.15) is 0 Å². The highest BCUT2D eigenvalue weighted by atomic mass is 32.2. The van der Waals surface area contributed by atoms with Gasteiger partial charge in [-0.1, -0.05) is 25.1 Å². The van der Waals surface area contributed by atoms with Crippen LogP contribution in [0.2, 0.25) is 0 Å². The van der Waals surface area contributed by atoms with Crippen molar-refractivity contribution in [3.05, 3.63) is 81.5 Å². The van der Waals surface area contributed by atoms with E-state index in [-0.39, 0.29) is 6.54 Å². The molecule has 0 unspecified atom stereocenters. The summed E-state index contributed by atoms with van der Waals surface area (Å²) in [6.07, 6.45) is 2.65. The van der Waals surface area contributed by atoms with Crippen LogP contribution < -0.4 is 10.1 Å². The van der Waals surface area contributed by atoms with Crippen molar-refractivity contribution in [2.24, 2.45) is 0 Å². The molecule has 1 aromatic heterocycles. The van der Waals surface area contributed by atoms with Gasteiger partial charge in [0.15, 0.2) is 0 Å². The van der Waals surface area contributed by atoms with Gasteiger partial charge >= 0.3 is 0 Å². The molecule has 3 aromatic rings. The summed E-state index contributed by atoms with van der Waals surface area (Å²) in [5.74, 6) is -0.254. The van der Waals surface area contributed by atoms with Crippen LogP contribution in [0, 0.1) is 20.8 Å². The number of hydrogen-bond acceptors (Lipinski definition) is 5. The van der Waals surface area contributed by atoms with E-state index >= 15 is 0 Å². The standard InChI is InChI=1S/C28H29N3O4S/c1-6-20-9-7-8-17(2)26(20)31-18(3)14-21(19(31)4)15-24-27(33)30(28(34)36-24)16-25(32)29-22-10-12-23(35-5)13-11-22/h7-15H,6,16H2,1-5H3,(H,29,32)/b24-15-. The summed E-state index contributed by atoms with van der Waals surface area (Å²) in [6.45, 7) is 7.92. The predicted molar refractivity (Wildman–Crippen MR) is 144 cm³/mol. The minimum absolute atomic E-state index is 0.304. The van der Waals surface area contributed by atoms with E-state index in [9.17, 15) is 14.4 Å². The van der Waals surface area contributed by atoms with Crippen molar-refractivity contribution in [2.45, 2.75) is 34.1 Å². The van der Waals surface area contributed by atoms with Gasteiger partial charge in [0.1, 0.15) is 12.3 Å². The van der Waals surface area contributed by atoms with Crippen molar-refractivity contribution >= 4 is 40.6 Å². The van der Waals surface area contributed by atoms with Gasteiger partial charge < -0.3 is 14.6 Å². The summed E-state index contributed by atoms with van der Waals surface area (Å²) in [6, 6.07) is 15.1. The van der Waals surface area contributed by atoms with Crippen LogP contribution in [0.5, 0.6) is 5.75 Å². The van der Waals surface area contributed by atoms with Crippen LogP contribution in [0.15, 0.2) is 53.4 Å². The molecule has 0 radical (unpaired) electrons. The molecule has 36 heavy (non-hydrogen) atoms. The van der Waals surface area contributed by atoms with E-state index in [4.69, 9.17) is 4.74 Å². The summed E-state index contributed by atoms with van der Waals surface area (Å²) < 4.78 is 7.31. The van der Waals surface area contributed by atoms with Crippen LogP contribution in [0.3, 0.4) is 0 Å². The molecule has 0 bridgehead atoms. The van der Waals surface area contributed by atoms with Gasteiger partial charge in [0.25, 0.3) is 11.1 Å². The highest BCUT2D eigenvalue weighted by molar-refractivity contribution is 8.18. The largest absolute Gasteiger partial charge is 0.497 e. The molecule has 1 aliphatic rings. The fourth-order valence-electron chi connectivity index (χ4n) is 4.40. The third kappa shape index (κ3) is 4.95. The number of anilines is 1. The Morgan fingerprint density at radius 2 is 1.81 bits per heavy atom. The van der Waals surface area contributed by atoms with Crippen LogP contribution in [-0.4, -0.2) is 40.2 Å². The van der Waals surface area contributed by atoms with Crippen LogP contribution >= 0.6 is 11.8 Å². The maximum absolute atomic E-state index is 13.0. The number of methoxy groups -OCH3 is 1. The van der Waals surface area contributed by atoms with E-state index in [1.54, 1.807) is 37.5 Å². The number of ether oxygens (including phenoxy) is 1. The van der Waals surface area contributed by atoms with E-state index in [2.05, 4.69) is 41.9 Å². The number of carbonyl (C=O) groups is 3. The average molecular weight is 504 g/mol. The Hall–Kier alpha value is -3.78. The van der Waals surface area contributed by atoms with Gasteiger partial charge in [0, 0.05) is 17.1 Å². The quantitative estimate of drug-likeness (QED) is 0.422. The third-order valence-corrected chi connectivity index (χ3v) is 7.14. The molecule has 1 N–H and O–H groups in total. The minimum Gasteiger partial charge on any atom is -0.497 e. The van der Waals surface area contributed by atoms with E-state index in [0.717, 1.165) is 45.7 Å². The van der Waals surface area contributed by atoms with E-state index in [1.807, 2.05) is 19.9 Å². The van der Waals surface area contributed by atoms with Crippen LogP contribution in [0.4, 0.5) is 10.5 Å². The van der Waals surface area contributed by atoms with E-state index < -0.39 is 17.1 Å². The fraction of sp³-hybridized carbons (Fsp3) is 0.250. The molecule has 2 heterocycles. The molecule has 186 valence electrons. The van der Waals surface area contributed by atoms with Gasteiger partial charge in [-0.05, 0) is 92.1 Å². The topological polar surface area (TPSA) is 80.6 Å². The Morgan fingerprint density at radius 3 is 2.47 bits per heavy atom. The molecule has 7 nitrogen and oxygen atoms in total. The second-order valence-electron chi connectivity index (χ2n) is 8.64. The third-order valence-electron chi connectivity index (χ3n) is 6.23. The highest BCUT2D eigenvalue weighted by Gasteiger charge is 2.36.